The zero-order valence-electron chi connectivity index (χ0n) is 8.59. The summed E-state index contributed by atoms with van der Waals surface area (Å²) in [5, 5.41) is 7.40. The summed E-state index contributed by atoms with van der Waals surface area (Å²) in [5.74, 6) is -0.388. The van der Waals surface area contributed by atoms with E-state index in [1.165, 1.54) is 12.4 Å². The van der Waals surface area contributed by atoms with Gasteiger partial charge in [-0.05, 0) is 18.6 Å². The lowest BCUT2D eigenvalue weighted by Gasteiger charge is -2.03. The molecule has 16 heavy (non-hydrogen) atoms. The first-order chi connectivity index (χ1) is 7.49. The Morgan fingerprint density at radius 2 is 2.00 bits per heavy atom. The lowest BCUT2D eigenvalue weighted by Crippen LogP contribution is -2.27. The molecule has 0 bridgehead atoms. The summed E-state index contributed by atoms with van der Waals surface area (Å²) in [5.41, 5.74) is 0.491. The van der Waals surface area contributed by atoms with Crippen molar-refractivity contribution in [2.75, 3.05) is 12.3 Å². The highest BCUT2D eigenvalue weighted by atomic mass is 32.2. The Kier molecular flexibility index (Phi) is 4.39. The number of primary sulfonamides is 1. The molecule has 0 radical (unpaired) electrons. The van der Waals surface area contributed by atoms with Gasteiger partial charge in [-0.2, -0.15) is 0 Å². The molecule has 3 N–H and O–H groups in total. The predicted molar refractivity (Wildman–Crippen MR) is 59.2 cm³/mol. The molecule has 7 heteroatoms. The van der Waals surface area contributed by atoms with E-state index in [0.717, 1.165) is 0 Å². The third-order valence-corrected chi connectivity index (χ3v) is 2.69. The molecule has 88 valence electrons. The number of nitrogens with two attached hydrogens (primary N) is 1. The van der Waals surface area contributed by atoms with Gasteiger partial charge >= 0.3 is 0 Å². The number of nitrogens with one attached hydrogen (secondary N) is 1. The molecule has 0 saturated carbocycles. The standard InChI is InChI=1S/C9H13N3O3S/c10-16(14,15)7-1-4-12-9(13)8-2-5-11-6-3-8/h2-3,5-6H,1,4,7H2,(H,12,13)(H2,10,14,15). The quantitative estimate of drug-likeness (QED) is 0.680. The molecule has 1 heterocycles. The summed E-state index contributed by atoms with van der Waals surface area (Å²) in [4.78, 5) is 15.2. The molecular weight excluding hydrogens is 230 g/mol. The van der Waals surface area contributed by atoms with E-state index < -0.39 is 10.0 Å². The average molecular weight is 243 g/mol. The van der Waals surface area contributed by atoms with Gasteiger partial charge in [-0.1, -0.05) is 0 Å². The van der Waals surface area contributed by atoms with E-state index >= 15 is 0 Å². The lowest BCUT2D eigenvalue weighted by molar-refractivity contribution is 0.0953. The number of rotatable bonds is 5. The van der Waals surface area contributed by atoms with Crippen LogP contribution >= 0.6 is 0 Å². The maximum absolute atomic E-state index is 11.4. The third-order valence-electron chi connectivity index (χ3n) is 1.83. The van der Waals surface area contributed by atoms with Gasteiger partial charge in [0.1, 0.15) is 0 Å². The largest absolute Gasteiger partial charge is 0.352 e. The van der Waals surface area contributed by atoms with Crippen LogP contribution in [0.15, 0.2) is 24.5 Å². The fraction of sp³-hybridized carbons (Fsp3) is 0.333. The fourth-order valence-corrected chi connectivity index (χ4v) is 1.63. The van der Waals surface area contributed by atoms with Crippen LogP contribution in [0, 0.1) is 0 Å². The topological polar surface area (TPSA) is 102 Å². The van der Waals surface area contributed by atoms with Gasteiger partial charge in [0, 0.05) is 24.5 Å². The van der Waals surface area contributed by atoms with Crippen molar-refractivity contribution in [3.63, 3.8) is 0 Å². The van der Waals surface area contributed by atoms with Crippen molar-refractivity contribution in [1.29, 1.82) is 0 Å². The fourth-order valence-electron chi connectivity index (χ4n) is 1.08. The Bertz CT molecular complexity index is 444. The molecule has 0 spiro atoms. The Hall–Kier alpha value is -1.47. The minimum Gasteiger partial charge on any atom is -0.352 e. The normalized spacial score (nSPS) is 11.1. The van der Waals surface area contributed by atoms with E-state index in [1.54, 1.807) is 12.1 Å². The van der Waals surface area contributed by atoms with Crippen LogP contribution in [-0.2, 0) is 10.0 Å². The highest BCUT2D eigenvalue weighted by molar-refractivity contribution is 7.89. The average Bonchev–Trinajstić information content (AvgIpc) is 2.24. The van der Waals surface area contributed by atoms with Gasteiger partial charge in [0.05, 0.1) is 5.75 Å². The van der Waals surface area contributed by atoms with Crippen LogP contribution in [0.1, 0.15) is 16.8 Å². The predicted octanol–water partition coefficient (Wildman–Crippen LogP) is -0.510. The molecule has 0 aliphatic carbocycles. The van der Waals surface area contributed by atoms with Crippen molar-refractivity contribution in [3.05, 3.63) is 30.1 Å². The van der Waals surface area contributed by atoms with Crippen molar-refractivity contribution in [2.24, 2.45) is 5.14 Å². The number of carbonyl (C=O) groups excluding carboxylic acids is 1. The van der Waals surface area contributed by atoms with Gasteiger partial charge in [-0.25, -0.2) is 13.6 Å². The molecule has 0 unspecified atom stereocenters. The van der Waals surface area contributed by atoms with Crippen LogP contribution in [0.4, 0.5) is 0 Å². The van der Waals surface area contributed by atoms with Gasteiger partial charge in [-0.3, -0.25) is 9.78 Å². The van der Waals surface area contributed by atoms with Crippen molar-refractivity contribution >= 4 is 15.9 Å². The molecule has 1 aromatic heterocycles. The van der Waals surface area contributed by atoms with Crippen LogP contribution < -0.4 is 10.5 Å². The van der Waals surface area contributed by atoms with Crippen LogP contribution in [-0.4, -0.2) is 31.6 Å². The Labute approximate surface area is 93.9 Å². The first kappa shape index (κ1) is 12.6. The molecule has 0 aliphatic rings. The highest BCUT2D eigenvalue weighted by Crippen LogP contribution is 1.95. The molecule has 1 amide bonds. The summed E-state index contributed by atoms with van der Waals surface area (Å²) in [7, 11) is -3.45. The molecule has 0 fully saturated rings. The molecule has 6 nitrogen and oxygen atoms in total. The zero-order valence-corrected chi connectivity index (χ0v) is 9.40. The second-order valence-electron chi connectivity index (χ2n) is 3.21. The van der Waals surface area contributed by atoms with E-state index in [-0.39, 0.29) is 18.2 Å². The third kappa shape index (κ3) is 4.85. The monoisotopic (exact) mass is 243 g/mol. The van der Waals surface area contributed by atoms with Crippen LogP contribution in [0.25, 0.3) is 0 Å². The second kappa shape index (κ2) is 5.57. The number of hydrogen-bond acceptors (Lipinski definition) is 4. The van der Waals surface area contributed by atoms with E-state index in [1.807, 2.05) is 0 Å². The van der Waals surface area contributed by atoms with Crippen LogP contribution in [0.5, 0.6) is 0 Å². The Balaban J connectivity index is 2.32. The number of sulfonamides is 1. The smallest absolute Gasteiger partial charge is 0.251 e. The van der Waals surface area contributed by atoms with E-state index in [0.29, 0.717) is 12.0 Å². The highest BCUT2D eigenvalue weighted by Gasteiger charge is 2.05. The summed E-state index contributed by atoms with van der Waals surface area (Å²) in [6, 6.07) is 3.16. The minimum atomic E-state index is -3.45. The number of aromatic nitrogens is 1. The SMILES string of the molecule is NS(=O)(=O)CCCNC(=O)c1ccncc1. The summed E-state index contributed by atoms with van der Waals surface area (Å²) in [6.45, 7) is 0.275. The maximum Gasteiger partial charge on any atom is 0.251 e. The van der Waals surface area contributed by atoms with Gasteiger partial charge < -0.3 is 5.32 Å². The van der Waals surface area contributed by atoms with Crippen molar-refractivity contribution in [1.82, 2.24) is 10.3 Å². The molecular formula is C9H13N3O3S. The van der Waals surface area contributed by atoms with Crippen molar-refractivity contribution < 1.29 is 13.2 Å². The summed E-state index contributed by atoms with van der Waals surface area (Å²) in [6.07, 6.45) is 3.33. The lowest BCUT2D eigenvalue weighted by atomic mass is 10.2. The number of amides is 1. The molecule has 0 atom stereocenters. The zero-order chi connectivity index (χ0) is 12.0. The molecule has 1 rings (SSSR count). The van der Waals surface area contributed by atoms with Gasteiger partial charge in [0.2, 0.25) is 10.0 Å². The molecule has 1 aromatic rings. The Morgan fingerprint density at radius 1 is 1.38 bits per heavy atom. The summed E-state index contributed by atoms with van der Waals surface area (Å²) >= 11 is 0. The molecule has 0 aromatic carbocycles. The first-order valence-electron chi connectivity index (χ1n) is 4.68. The van der Waals surface area contributed by atoms with Crippen LogP contribution in [0.2, 0.25) is 0 Å². The van der Waals surface area contributed by atoms with Crippen molar-refractivity contribution in [2.45, 2.75) is 6.42 Å². The van der Waals surface area contributed by atoms with Gasteiger partial charge in [0.15, 0.2) is 0 Å². The number of nitrogens with zero attached hydrogens (tertiary/aromatic N) is 1. The number of carbonyl (C=O) groups is 1. The number of pyridine rings is 1. The van der Waals surface area contributed by atoms with Gasteiger partial charge in [0.25, 0.3) is 5.91 Å². The summed E-state index contributed by atoms with van der Waals surface area (Å²) < 4.78 is 21.2. The van der Waals surface area contributed by atoms with E-state index in [2.05, 4.69) is 10.3 Å². The first-order valence-corrected chi connectivity index (χ1v) is 6.39. The van der Waals surface area contributed by atoms with Crippen LogP contribution in [0.3, 0.4) is 0 Å². The number of hydrogen-bond donors (Lipinski definition) is 2. The van der Waals surface area contributed by atoms with Gasteiger partial charge in [-0.15, -0.1) is 0 Å². The Morgan fingerprint density at radius 3 is 2.56 bits per heavy atom. The molecule has 0 saturated heterocycles. The van der Waals surface area contributed by atoms with E-state index in [9.17, 15) is 13.2 Å². The molecule has 0 aliphatic heterocycles. The minimum absolute atomic E-state index is 0.135. The maximum atomic E-state index is 11.4. The second-order valence-corrected chi connectivity index (χ2v) is 4.95. The van der Waals surface area contributed by atoms with E-state index in [4.69, 9.17) is 5.14 Å². The van der Waals surface area contributed by atoms with Crippen molar-refractivity contribution in [3.8, 4) is 0 Å².